The molecule has 1 spiro atoms. The molecule has 1 fully saturated rings. The molecule has 4 heterocycles. The summed E-state index contributed by atoms with van der Waals surface area (Å²) in [5, 5.41) is 3.54. The lowest BCUT2D eigenvalue weighted by Crippen LogP contribution is -2.51. The van der Waals surface area contributed by atoms with Crippen LogP contribution in [-0.2, 0) is 10.2 Å². The van der Waals surface area contributed by atoms with E-state index in [0.29, 0.717) is 21.8 Å². The third-order valence-corrected chi connectivity index (χ3v) is 8.64. The highest BCUT2D eigenvalue weighted by Crippen LogP contribution is 2.58. The summed E-state index contributed by atoms with van der Waals surface area (Å²) in [7, 11) is 0. The summed E-state index contributed by atoms with van der Waals surface area (Å²) >= 11 is 6.16. The topological polar surface area (TPSA) is 79.4 Å². The predicted molar refractivity (Wildman–Crippen MR) is 155 cm³/mol. The highest BCUT2D eigenvalue weighted by Gasteiger charge is 2.70. The Kier molecular flexibility index (Phi) is 5.51. The minimum Gasteiger partial charge on any atom is -0.352 e. The minimum atomic E-state index is -1.36. The van der Waals surface area contributed by atoms with E-state index in [0.717, 1.165) is 16.8 Å². The predicted octanol–water partition coefficient (Wildman–Crippen LogP) is 5.90. The van der Waals surface area contributed by atoms with Crippen LogP contribution in [0.3, 0.4) is 0 Å². The van der Waals surface area contributed by atoms with Gasteiger partial charge in [0.25, 0.3) is 0 Å². The molecule has 4 aromatic rings. The number of hydrogen-bond acceptors (Lipinski definition) is 5. The summed E-state index contributed by atoms with van der Waals surface area (Å²) in [6.07, 6.45) is 5.52. The summed E-state index contributed by atoms with van der Waals surface area (Å²) < 4.78 is 0. The summed E-state index contributed by atoms with van der Waals surface area (Å²) in [6, 6.07) is 23.7. The molecule has 7 heteroatoms. The maximum Gasteiger partial charge on any atom is 0.238 e. The lowest BCUT2D eigenvalue weighted by Gasteiger charge is -2.37. The highest BCUT2D eigenvalue weighted by atomic mass is 35.5. The number of carbonyl (C=O) groups is 3. The van der Waals surface area contributed by atoms with Crippen LogP contribution >= 0.6 is 11.6 Å². The number of hydrogen-bond donors (Lipinski definition) is 1. The number of carbonyl (C=O) groups excluding carboxylic acids is 3. The molecular weight excluding hydrogens is 522 g/mol. The fraction of sp³-hybridized carbons (Fsp3) is 0.152. The summed E-state index contributed by atoms with van der Waals surface area (Å²) in [6.45, 7) is 2.01. The van der Waals surface area contributed by atoms with E-state index in [9.17, 15) is 14.4 Å². The number of anilines is 2. The zero-order chi connectivity index (χ0) is 27.6. The number of halogens is 1. The van der Waals surface area contributed by atoms with Crippen LogP contribution in [0.15, 0.2) is 97.2 Å². The van der Waals surface area contributed by atoms with Crippen LogP contribution < -0.4 is 10.2 Å². The van der Waals surface area contributed by atoms with Gasteiger partial charge in [-0.25, -0.2) is 0 Å². The number of rotatable bonds is 4. The molecule has 0 saturated carbocycles. The van der Waals surface area contributed by atoms with Crippen molar-refractivity contribution in [1.82, 2.24) is 4.98 Å². The average Bonchev–Trinajstić information content (AvgIpc) is 3.45. The van der Waals surface area contributed by atoms with Crippen LogP contribution in [0.1, 0.15) is 37.5 Å². The van der Waals surface area contributed by atoms with Gasteiger partial charge in [-0.2, -0.15) is 0 Å². The van der Waals surface area contributed by atoms with Crippen LogP contribution in [-0.4, -0.2) is 34.5 Å². The Morgan fingerprint density at radius 3 is 2.50 bits per heavy atom. The molecule has 1 saturated heterocycles. The number of aromatic nitrogens is 1. The molecule has 3 aliphatic heterocycles. The first-order valence-corrected chi connectivity index (χ1v) is 13.5. The zero-order valence-electron chi connectivity index (χ0n) is 21.5. The monoisotopic (exact) mass is 545 g/mol. The SMILES string of the molecule is Cc1ccc2c(c1)C=C[C@H]1N2[C@H](C(=O)c2ccc(Cl)cc2)[C@@H](C(=O)c2ccccn2)[C@]12C(=O)Nc1ccccc12. The van der Waals surface area contributed by atoms with Gasteiger partial charge in [0.2, 0.25) is 5.91 Å². The van der Waals surface area contributed by atoms with E-state index in [2.05, 4.69) is 16.4 Å². The van der Waals surface area contributed by atoms with Crippen molar-refractivity contribution in [2.45, 2.75) is 24.4 Å². The first-order chi connectivity index (χ1) is 19.4. The van der Waals surface area contributed by atoms with Crippen LogP contribution in [0.5, 0.6) is 0 Å². The zero-order valence-corrected chi connectivity index (χ0v) is 22.3. The van der Waals surface area contributed by atoms with Gasteiger partial charge in [-0.3, -0.25) is 19.4 Å². The normalized spacial score (nSPS) is 23.9. The fourth-order valence-electron chi connectivity index (χ4n) is 6.75. The average molecular weight is 546 g/mol. The van der Waals surface area contributed by atoms with Gasteiger partial charge in [-0.1, -0.05) is 59.6 Å². The number of para-hydroxylation sites is 1. The van der Waals surface area contributed by atoms with Gasteiger partial charge < -0.3 is 10.2 Å². The molecular formula is C33H24ClN3O3. The van der Waals surface area contributed by atoms with Gasteiger partial charge >= 0.3 is 0 Å². The lowest BCUT2D eigenvalue weighted by atomic mass is 9.64. The van der Waals surface area contributed by atoms with Crippen LogP contribution in [0.2, 0.25) is 5.02 Å². The van der Waals surface area contributed by atoms with Crippen molar-refractivity contribution >= 4 is 46.5 Å². The largest absolute Gasteiger partial charge is 0.352 e. The Balaban J connectivity index is 1.54. The van der Waals surface area contributed by atoms with Gasteiger partial charge in [-0.05, 0) is 72.6 Å². The van der Waals surface area contributed by atoms with Crippen LogP contribution in [0.25, 0.3) is 6.08 Å². The molecule has 3 aliphatic rings. The lowest BCUT2D eigenvalue weighted by molar-refractivity contribution is -0.121. The third kappa shape index (κ3) is 3.36. The van der Waals surface area contributed by atoms with Crippen LogP contribution in [0.4, 0.5) is 11.4 Å². The fourth-order valence-corrected chi connectivity index (χ4v) is 6.88. The Morgan fingerprint density at radius 1 is 0.950 bits per heavy atom. The van der Waals surface area contributed by atoms with E-state index in [4.69, 9.17) is 11.6 Å². The Hall–Kier alpha value is -4.55. The number of nitrogens with one attached hydrogen (secondary N) is 1. The van der Waals surface area contributed by atoms with E-state index in [1.165, 1.54) is 0 Å². The molecule has 1 aromatic heterocycles. The number of pyridine rings is 1. The molecule has 0 aliphatic carbocycles. The van der Waals surface area contributed by atoms with Gasteiger partial charge in [0.1, 0.15) is 17.2 Å². The Morgan fingerprint density at radius 2 is 1.73 bits per heavy atom. The van der Waals surface area contributed by atoms with Crippen LogP contribution in [0, 0.1) is 12.8 Å². The maximum atomic E-state index is 14.6. The molecule has 0 radical (unpaired) electrons. The van der Waals surface area contributed by atoms with Gasteiger partial charge in [0, 0.05) is 28.2 Å². The molecule has 6 nitrogen and oxygen atoms in total. The number of fused-ring (bicyclic) bond motifs is 6. The second-order valence-electron chi connectivity index (χ2n) is 10.5. The number of amides is 1. The number of nitrogens with zero attached hydrogens (tertiary/aromatic N) is 2. The molecule has 3 aromatic carbocycles. The number of aryl methyl sites for hydroxylation is 1. The van der Waals surface area contributed by atoms with E-state index in [1.807, 2.05) is 60.4 Å². The van der Waals surface area contributed by atoms with Crippen molar-refractivity contribution in [3.8, 4) is 0 Å². The summed E-state index contributed by atoms with van der Waals surface area (Å²) in [5.41, 5.74) is 3.42. The van der Waals surface area contributed by atoms with Gasteiger partial charge in [0.15, 0.2) is 11.6 Å². The van der Waals surface area contributed by atoms with E-state index < -0.39 is 23.4 Å². The standard InChI is InChI=1S/C33H24ClN3O3/c1-19-9-15-26-21(18-19)12-16-27-33(23-6-2-3-7-24(23)36-32(33)40)28(31(39)25-8-4-5-17-35-25)29(37(26)27)30(38)20-10-13-22(34)14-11-20/h2-18,27-29H,1H3,(H,36,40)/t27-,28+,29+,33-/m1/s1. The molecule has 40 heavy (non-hydrogen) atoms. The molecule has 7 rings (SSSR count). The highest BCUT2D eigenvalue weighted by molar-refractivity contribution is 6.30. The van der Waals surface area contributed by atoms with E-state index in [-0.39, 0.29) is 23.2 Å². The molecule has 1 amide bonds. The molecule has 4 atom stereocenters. The second-order valence-corrected chi connectivity index (χ2v) is 11.0. The number of Topliss-reactive ketones (excluding diaryl/α,β-unsaturated/α-hetero) is 2. The van der Waals surface area contributed by atoms with Gasteiger partial charge in [0.05, 0.1) is 12.0 Å². The van der Waals surface area contributed by atoms with Crippen molar-refractivity contribution in [2.75, 3.05) is 10.2 Å². The van der Waals surface area contributed by atoms with Crippen molar-refractivity contribution in [1.29, 1.82) is 0 Å². The van der Waals surface area contributed by atoms with Crippen molar-refractivity contribution in [2.24, 2.45) is 5.92 Å². The smallest absolute Gasteiger partial charge is 0.238 e. The van der Waals surface area contributed by atoms with Crippen molar-refractivity contribution in [3.63, 3.8) is 0 Å². The summed E-state index contributed by atoms with van der Waals surface area (Å²) in [4.78, 5) is 49.8. The Bertz CT molecular complexity index is 1730. The first kappa shape index (κ1) is 24.5. The molecule has 1 N–H and O–H groups in total. The van der Waals surface area contributed by atoms with Crippen molar-refractivity contribution < 1.29 is 14.4 Å². The van der Waals surface area contributed by atoms with E-state index >= 15 is 0 Å². The Labute approximate surface area is 236 Å². The third-order valence-electron chi connectivity index (χ3n) is 8.39. The second kappa shape index (κ2) is 9.00. The maximum absolute atomic E-state index is 14.6. The van der Waals surface area contributed by atoms with Crippen molar-refractivity contribution in [3.05, 3.63) is 130 Å². The summed E-state index contributed by atoms with van der Waals surface area (Å²) in [5.74, 6) is -1.97. The molecule has 0 unspecified atom stereocenters. The first-order valence-electron chi connectivity index (χ1n) is 13.1. The molecule has 0 bridgehead atoms. The molecule has 196 valence electrons. The minimum absolute atomic E-state index is 0.214. The van der Waals surface area contributed by atoms with Gasteiger partial charge in [-0.15, -0.1) is 0 Å². The quantitative estimate of drug-likeness (QED) is 0.323. The number of ketones is 2. The van der Waals surface area contributed by atoms with E-state index in [1.54, 1.807) is 48.7 Å². The number of benzene rings is 3.